The number of anilines is 2. The zero-order valence-electron chi connectivity index (χ0n) is 16.6. The summed E-state index contributed by atoms with van der Waals surface area (Å²) in [6, 6.07) is 5.09. The number of rotatable bonds is 6. The molecule has 0 unspecified atom stereocenters. The van der Waals surface area contributed by atoms with E-state index in [1.54, 1.807) is 0 Å². The molecule has 0 radical (unpaired) electrons. The van der Waals surface area contributed by atoms with Crippen LogP contribution in [0.3, 0.4) is 0 Å². The molecule has 0 aliphatic carbocycles. The molecule has 0 atom stereocenters. The first-order valence-electron chi connectivity index (χ1n) is 9.08. The first kappa shape index (κ1) is 15.5. The number of halogens is 3. The summed E-state index contributed by atoms with van der Waals surface area (Å²) >= 11 is 3.11. The van der Waals surface area contributed by atoms with Gasteiger partial charge < -0.3 is 15.0 Å². The van der Waals surface area contributed by atoms with E-state index in [0.29, 0.717) is 4.47 Å². The van der Waals surface area contributed by atoms with Crippen molar-refractivity contribution in [3.05, 3.63) is 52.3 Å². The Balaban J connectivity index is 2.16. The molecule has 3 N–H and O–H groups in total. The minimum Gasteiger partial charge on any atom is -0.394 e. The average Bonchev–Trinajstić information content (AvgIpc) is 3.10. The molecule has 0 spiro atoms. The van der Waals surface area contributed by atoms with Crippen molar-refractivity contribution in [3.63, 3.8) is 0 Å². The van der Waals surface area contributed by atoms with Crippen LogP contribution in [0.25, 0.3) is 11.0 Å². The largest absolute Gasteiger partial charge is 0.394 e. The summed E-state index contributed by atoms with van der Waals surface area (Å²) in [6.45, 7) is -3.28. The number of aliphatic hydroxyl groups is 1. The predicted molar refractivity (Wildman–Crippen MR) is 98.6 cm³/mol. The van der Waals surface area contributed by atoms with Crippen LogP contribution in [0, 0.1) is 11.6 Å². The van der Waals surface area contributed by atoms with E-state index in [2.05, 4.69) is 26.2 Å². The van der Waals surface area contributed by atoms with Gasteiger partial charge in [-0.15, -0.1) is 0 Å². The van der Waals surface area contributed by atoms with Crippen molar-refractivity contribution in [2.24, 2.45) is 6.98 Å². The maximum atomic E-state index is 15.3. The van der Waals surface area contributed by atoms with Gasteiger partial charge in [-0.1, -0.05) is 15.9 Å². The van der Waals surface area contributed by atoms with E-state index in [-0.39, 0.29) is 35.5 Å². The molecule has 1 heterocycles. The summed E-state index contributed by atoms with van der Waals surface area (Å²) in [4.78, 5) is 21.1. The molecule has 2 aromatic carbocycles. The number of aryl methyl sites for hydroxylation is 1. The van der Waals surface area contributed by atoms with Gasteiger partial charge in [-0.3, -0.25) is 9.63 Å². The fourth-order valence-electron chi connectivity index (χ4n) is 2.35. The molecule has 142 valence electrons. The Morgan fingerprint density at radius 2 is 2.26 bits per heavy atom. The molecule has 3 aromatic rings. The fraction of sp³-hybridized carbons (Fsp3) is 0.176. The molecular weight excluding hydrogens is 426 g/mol. The van der Waals surface area contributed by atoms with Gasteiger partial charge in [0.15, 0.2) is 5.82 Å². The Morgan fingerprint density at radius 1 is 1.44 bits per heavy atom. The van der Waals surface area contributed by atoms with Crippen molar-refractivity contribution in [2.45, 2.75) is 0 Å². The molecular formula is C17H15BrF2N4O3. The molecule has 0 fully saturated rings. The second-order valence-electron chi connectivity index (χ2n) is 5.35. The van der Waals surface area contributed by atoms with E-state index in [4.69, 9.17) is 14.1 Å². The number of benzene rings is 2. The smallest absolute Gasteiger partial charge is 0.277 e. The van der Waals surface area contributed by atoms with Crippen LogP contribution >= 0.6 is 15.9 Å². The van der Waals surface area contributed by atoms with Crippen LogP contribution in [0.15, 0.2) is 35.1 Å². The van der Waals surface area contributed by atoms with Crippen LogP contribution in [-0.2, 0) is 11.8 Å². The molecule has 3 rings (SSSR count). The van der Waals surface area contributed by atoms with Crippen molar-refractivity contribution in [1.82, 2.24) is 15.0 Å². The third-order valence-corrected chi connectivity index (χ3v) is 4.07. The lowest BCUT2D eigenvalue weighted by Crippen LogP contribution is -2.26. The summed E-state index contributed by atoms with van der Waals surface area (Å²) in [7, 11) is 0. The van der Waals surface area contributed by atoms with Crippen LogP contribution in [0.4, 0.5) is 20.2 Å². The Hall–Kier alpha value is -2.56. The van der Waals surface area contributed by atoms with Gasteiger partial charge in [0.05, 0.1) is 42.0 Å². The van der Waals surface area contributed by atoms with Gasteiger partial charge in [0, 0.05) is 15.6 Å². The number of carbonyl (C=O) groups is 1. The maximum absolute atomic E-state index is 15.3. The summed E-state index contributed by atoms with van der Waals surface area (Å²) in [5.41, 5.74) is 0.620. The van der Waals surface area contributed by atoms with Crippen LogP contribution in [0.1, 0.15) is 14.5 Å². The number of hydrogen-bond acceptors (Lipinski definition) is 5. The van der Waals surface area contributed by atoms with E-state index in [0.717, 1.165) is 23.0 Å². The van der Waals surface area contributed by atoms with Gasteiger partial charge in [-0.25, -0.2) is 19.2 Å². The number of hydroxylamine groups is 1. The van der Waals surface area contributed by atoms with E-state index in [1.165, 1.54) is 12.1 Å². The number of nitrogens with zero attached hydrogens (tertiary/aromatic N) is 2. The van der Waals surface area contributed by atoms with Crippen molar-refractivity contribution in [1.29, 1.82) is 0 Å². The zero-order chi connectivity index (χ0) is 22.1. The number of aliphatic hydroxyl groups excluding tert-OH is 1. The molecule has 27 heavy (non-hydrogen) atoms. The molecule has 0 aliphatic rings. The highest BCUT2D eigenvalue weighted by Crippen LogP contribution is 2.32. The number of nitrogens with one attached hydrogen (secondary N) is 2. The second-order valence-corrected chi connectivity index (χ2v) is 6.26. The van der Waals surface area contributed by atoms with Crippen molar-refractivity contribution in [2.75, 3.05) is 18.5 Å². The molecule has 0 saturated heterocycles. The number of amides is 1. The van der Waals surface area contributed by atoms with E-state index in [1.807, 2.05) is 5.48 Å². The third kappa shape index (κ3) is 3.92. The number of fused-ring (bicyclic) bond motifs is 1. The van der Waals surface area contributed by atoms with Gasteiger partial charge in [0.1, 0.15) is 11.3 Å². The molecule has 0 saturated carbocycles. The van der Waals surface area contributed by atoms with E-state index < -0.39 is 30.2 Å². The van der Waals surface area contributed by atoms with Crippen molar-refractivity contribution < 1.29 is 27.6 Å². The first-order valence-corrected chi connectivity index (χ1v) is 8.38. The Bertz CT molecular complexity index is 1110. The van der Waals surface area contributed by atoms with E-state index in [9.17, 15) is 9.18 Å². The topological polar surface area (TPSA) is 88.4 Å². The van der Waals surface area contributed by atoms with Crippen molar-refractivity contribution >= 4 is 44.2 Å². The first-order chi connectivity index (χ1) is 14.1. The Kier molecular flexibility index (Phi) is 4.58. The molecule has 1 aromatic heterocycles. The minimum atomic E-state index is -2.67. The molecule has 7 nitrogen and oxygen atoms in total. The van der Waals surface area contributed by atoms with Crippen LogP contribution < -0.4 is 10.8 Å². The number of carbonyl (C=O) groups excluding carboxylic acids is 1. The summed E-state index contributed by atoms with van der Waals surface area (Å²) < 4.78 is 53.4. The van der Waals surface area contributed by atoms with Crippen LogP contribution in [0.5, 0.6) is 0 Å². The lowest BCUT2D eigenvalue weighted by molar-refractivity contribution is 0.0169. The summed E-state index contributed by atoms with van der Waals surface area (Å²) in [5.74, 6) is -2.72. The fourth-order valence-corrected chi connectivity index (χ4v) is 2.69. The maximum Gasteiger partial charge on any atom is 0.277 e. The normalized spacial score (nSPS) is 13.1. The Morgan fingerprint density at radius 3 is 2.96 bits per heavy atom. The monoisotopic (exact) mass is 443 g/mol. The second kappa shape index (κ2) is 7.99. The quantitative estimate of drug-likeness (QED) is 0.402. The van der Waals surface area contributed by atoms with Gasteiger partial charge >= 0.3 is 0 Å². The highest BCUT2D eigenvalue weighted by atomic mass is 79.9. The lowest BCUT2D eigenvalue weighted by Gasteiger charge is -2.15. The molecule has 0 bridgehead atoms. The molecule has 10 heteroatoms. The predicted octanol–water partition coefficient (Wildman–Crippen LogP) is 3.01. The highest BCUT2D eigenvalue weighted by molar-refractivity contribution is 9.10. The molecule has 1 amide bonds. The zero-order valence-corrected chi connectivity index (χ0v) is 15.2. The summed E-state index contributed by atoms with van der Waals surface area (Å²) in [6.07, 6.45) is 0.925. The Labute approximate surface area is 165 Å². The highest BCUT2D eigenvalue weighted by Gasteiger charge is 2.22. The van der Waals surface area contributed by atoms with Crippen LogP contribution in [-0.4, -0.2) is 33.8 Å². The SMILES string of the molecule is [2H]C([2H])([2H])n1cnc2c(F)c(Nc3ccc(Br)cc3F)c(C(=O)NOCCO)cc21. The number of aromatic nitrogens is 2. The average molecular weight is 444 g/mol. The molecule has 0 aliphatic heterocycles. The van der Waals surface area contributed by atoms with Crippen molar-refractivity contribution in [3.8, 4) is 0 Å². The minimum absolute atomic E-state index is 0.128. The standard InChI is InChI=1S/C17H15BrF2N4O3/c1-24-8-21-16-13(24)7-10(17(26)23-27-5-4-25)15(14(16)20)22-12-3-2-9(18)6-11(12)19/h2-3,6-8,22,25H,4-5H2,1H3,(H,23,26)/i1D3. The van der Waals surface area contributed by atoms with Crippen LogP contribution in [0.2, 0.25) is 0 Å². The van der Waals surface area contributed by atoms with E-state index >= 15 is 4.39 Å². The van der Waals surface area contributed by atoms with Gasteiger partial charge in [0.25, 0.3) is 5.91 Å². The number of hydrogen-bond donors (Lipinski definition) is 3. The van der Waals surface area contributed by atoms with Gasteiger partial charge in [-0.2, -0.15) is 0 Å². The lowest BCUT2D eigenvalue weighted by atomic mass is 10.1. The third-order valence-electron chi connectivity index (χ3n) is 3.58. The van der Waals surface area contributed by atoms with Gasteiger partial charge in [-0.05, 0) is 24.3 Å². The number of imidazole rings is 1. The summed E-state index contributed by atoms with van der Waals surface area (Å²) in [5, 5.41) is 11.3. The van der Waals surface area contributed by atoms with Gasteiger partial charge in [0.2, 0.25) is 0 Å².